The fraction of sp³-hybridized carbons (Fsp3) is 0.421. The number of rotatable bonds is 5. The summed E-state index contributed by atoms with van der Waals surface area (Å²) in [4.78, 5) is 26.9. The molecule has 30 heavy (non-hydrogen) atoms. The first-order valence-corrected chi connectivity index (χ1v) is 10.4. The van der Waals surface area contributed by atoms with Crippen molar-refractivity contribution in [2.45, 2.75) is 32.8 Å². The Hall–Kier alpha value is -3.21. The minimum atomic E-state index is -0.386. The minimum absolute atomic E-state index is 0.0193. The molecular weight excluding hydrogens is 408 g/mol. The van der Waals surface area contributed by atoms with Crippen molar-refractivity contribution in [2.75, 3.05) is 25.5 Å². The van der Waals surface area contributed by atoms with Gasteiger partial charge in [0.05, 0.1) is 13.7 Å². The maximum atomic E-state index is 13.0. The summed E-state index contributed by atoms with van der Waals surface area (Å²) in [5.41, 5.74) is 0.961. The molecule has 3 heterocycles. The van der Waals surface area contributed by atoms with Crippen LogP contribution in [-0.2, 0) is 4.79 Å². The van der Waals surface area contributed by atoms with E-state index in [0.717, 1.165) is 35.0 Å². The van der Waals surface area contributed by atoms with E-state index >= 15 is 0 Å². The Morgan fingerprint density at radius 3 is 2.90 bits per heavy atom. The number of thiophene rings is 1. The molecule has 2 aromatic heterocycles. The summed E-state index contributed by atoms with van der Waals surface area (Å²) in [6.45, 7) is 4.71. The van der Waals surface area contributed by atoms with Crippen LogP contribution in [0.4, 0.5) is 5.95 Å². The molecule has 10 nitrogen and oxygen atoms in total. The van der Waals surface area contributed by atoms with Gasteiger partial charge >= 0.3 is 0 Å². The van der Waals surface area contributed by atoms with Gasteiger partial charge in [0.1, 0.15) is 16.7 Å². The number of aromatic amines is 1. The van der Waals surface area contributed by atoms with Crippen LogP contribution in [0.1, 0.15) is 35.0 Å². The van der Waals surface area contributed by atoms with E-state index in [-0.39, 0.29) is 23.9 Å². The second-order valence-corrected chi connectivity index (χ2v) is 8.17. The maximum Gasteiger partial charge on any atom is 0.272 e. The molecule has 4 rings (SSSR count). The highest BCUT2D eigenvalue weighted by Gasteiger charge is 2.28. The van der Waals surface area contributed by atoms with Gasteiger partial charge in [-0.2, -0.15) is 5.21 Å². The van der Waals surface area contributed by atoms with Gasteiger partial charge in [0, 0.05) is 23.6 Å². The maximum absolute atomic E-state index is 13.0. The molecule has 1 atom stereocenters. The predicted molar refractivity (Wildman–Crippen MR) is 111 cm³/mol. The molecule has 0 spiro atoms. The average Bonchev–Trinajstić information content (AvgIpc) is 3.35. The van der Waals surface area contributed by atoms with Gasteiger partial charge in [-0.1, -0.05) is 5.10 Å². The normalized spacial score (nSPS) is 16.5. The number of nitrogens with zero attached hydrogens (tertiary/aromatic N) is 4. The Morgan fingerprint density at radius 1 is 1.37 bits per heavy atom. The first-order valence-electron chi connectivity index (χ1n) is 9.54. The van der Waals surface area contributed by atoms with E-state index in [1.165, 1.54) is 11.3 Å². The van der Waals surface area contributed by atoms with Gasteiger partial charge < -0.3 is 14.4 Å². The van der Waals surface area contributed by atoms with Crippen LogP contribution >= 0.6 is 11.3 Å². The predicted octanol–water partition coefficient (Wildman–Crippen LogP) is 2.37. The number of amides is 2. The minimum Gasteiger partial charge on any atom is -0.496 e. The Kier molecular flexibility index (Phi) is 5.53. The fourth-order valence-electron chi connectivity index (χ4n) is 3.55. The molecule has 3 aromatic rings. The number of tetrazole rings is 1. The van der Waals surface area contributed by atoms with Crippen molar-refractivity contribution in [3.63, 3.8) is 0 Å². The van der Waals surface area contributed by atoms with Gasteiger partial charge in [-0.05, 0) is 42.7 Å². The van der Waals surface area contributed by atoms with Gasteiger partial charge in [0.25, 0.3) is 11.9 Å². The summed E-state index contributed by atoms with van der Waals surface area (Å²) in [6.07, 6.45) is 1.44. The Bertz CT molecular complexity index is 1080. The molecule has 1 aliphatic heterocycles. The van der Waals surface area contributed by atoms with Gasteiger partial charge in [-0.3, -0.25) is 14.9 Å². The lowest BCUT2D eigenvalue weighted by Crippen LogP contribution is -2.43. The third-order valence-corrected chi connectivity index (χ3v) is 6.18. The molecule has 2 amide bonds. The molecular formula is C19H22N6O4S. The summed E-state index contributed by atoms with van der Waals surface area (Å²) in [6, 6.07) is 3.85. The van der Waals surface area contributed by atoms with Crippen molar-refractivity contribution in [3.05, 3.63) is 22.6 Å². The van der Waals surface area contributed by atoms with Crippen LogP contribution in [0.3, 0.4) is 0 Å². The number of methoxy groups -OCH3 is 1. The summed E-state index contributed by atoms with van der Waals surface area (Å²) in [7, 11) is 1.61. The number of nitrogens with one attached hydrogen (secondary N) is 2. The summed E-state index contributed by atoms with van der Waals surface area (Å²) >= 11 is 1.32. The van der Waals surface area contributed by atoms with Crippen LogP contribution in [-0.4, -0.2) is 63.6 Å². The third-order valence-electron chi connectivity index (χ3n) is 5.04. The number of hydrogen-bond donors (Lipinski definition) is 2. The summed E-state index contributed by atoms with van der Waals surface area (Å²) in [5, 5.41) is 16.7. The van der Waals surface area contributed by atoms with Crippen molar-refractivity contribution in [1.82, 2.24) is 25.5 Å². The lowest BCUT2D eigenvalue weighted by molar-refractivity contribution is -0.131. The zero-order valence-electron chi connectivity index (χ0n) is 16.9. The fourth-order valence-corrected chi connectivity index (χ4v) is 4.66. The number of carbonyl (C=O) groups is 2. The molecule has 2 N–H and O–H groups in total. The lowest BCUT2D eigenvalue weighted by atomic mass is 10.1. The number of H-pyrrole nitrogens is 1. The number of carbonyl (C=O) groups excluding carboxylic acids is 2. The molecule has 0 bridgehead atoms. The smallest absolute Gasteiger partial charge is 0.272 e. The number of aryl methyl sites for hydroxylation is 1. The van der Waals surface area contributed by atoms with E-state index in [0.29, 0.717) is 22.9 Å². The zero-order chi connectivity index (χ0) is 21.3. The van der Waals surface area contributed by atoms with Crippen molar-refractivity contribution in [3.8, 4) is 11.5 Å². The van der Waals surface area contributed by atoms with Crippen molar-refractivity contribution in [2.24, 2.45) is 0 Å². The Morgan fingerprint density at radius 2 is 2.20 bits per heavy atom. The van der Waals surface area contributed by atoms with Crippen LogP contribution < -0.4 is 14.8 Å². The quantitative estimate of drug-likeness (QED) is 0.637. The van der Waals surface area contributed by atoms with Crippen LogP contribution in [0, 0.1) is 6.92 Å². The van der Waals surface area contributed by atoms with Crippen molar-refractivity contribution in [1.29, 1.82) is 0 Å². The van der Waals surface area contributed by atoms with Crippen LogP contribution in [0.2, 0.25) is 0 Å². The largest absolute Gasteiger partial charge is 0.496 e. The van der Waals surface area contributed by atoms with E-state index in [4.69, 9.17) is 9.47 Å². The van der Waals surface area contributed by atoms with Crippen molar-refractivity contribution < 1.29 is 19.1 Å². The first kappa shape index (κ1) is 20.1. The number of aromatic nitrogens is 4. The molecule has 1 unspecified atom stereocenters. The Balaban J connectivity index is 1.72. The molecule has 0 radical (unpaired) electrons. The zero-order valence-corrected chi connectivity index (χ0v) is 17.7. The second-order valence-electron chi connectivity index (χ2n) is 7.11. The standard InChI is InChI=1S/C19H22N6O4S/c1-10-7-15-13(8-14(10)28-3)16(29-12-5-4-6-25(9-12)11(2)26)17(30-15)18(27)20-19-21-23-24-22-19/h7-8,12H,4-6,9H2,1-3H3,(H2,20,21,22,23,24,27). The highest BCUT2D eigenvalue weighted by Crippen LogP contribution is 2.42. The van der Waals surface area contributed by atoms with Crippen molar-refractivity contribution >= 4 is 39.2 Å². The molecule has 1 saturated heterocycles. The van der Waals surface area contributed by atoms with Crippen LogP contribution in [0.15, 0.2) is 12.1 Å². The second kappa shape index (κ2) is 8.27. The number of anilines is 1. The first-order chi connectivity index (χ1) is 14.5. The van der Waals surface area contributed by atoms with E-state index < -0.39 is 0 Å². The molecule has 0 saturated carbocycles. The SMILES string of the molecule is COc1cc2c(OC3CCCN(C(C)=O)C3)c(C(=O)Nc3nn[nH]n3)sc2cc1C. The highest BCUT2D eigenvalue weighted by molar-refractivity contribution is 7.21. The highest BCUT2D eigenvalue weighted by atomic mass is 32.1. The number of fused-ring (bicyclic) bond motifs is 1. The molecule has 0 aliphatic carbocycles. The van der Waals surface area contributed by atoms with E-state index in [1.54, 1.807) is 18.9 Å². The van der Waals surface area contributed by atoms with Gasteiger partial charge in [0.15, 0.2) is 5.75 Å². The molecule has 158 valence electrons. The number of ether oxygens (including phenoxy) is 2. The van der Waals surface area contributed by atoms with E-state index in [9.17, 15) is 9.59 Å². The summed E-state index contributed by atoms with van der Waals surface area (Å²) < 4.78 is 12.7. The topological polar surface area (TPSA) is 122 Å². The number of likely N-dealkylation sites (tertiary alicyclic amines) is 1. The number of benzene rings is 1. The summed E-state index contributed by atoms with van der Waals surface area (Å²) in [5.74, 6) is 0.904. The van der Waals surface area contributed by atoms with Gasteiger partial charge in [-0.25, -0.2) is 0 Å². The van der Waals surface area contributed by atoms with Crippen LogP contribution in [0.5, 0.6) is 11.5 Å². The molecule has 1 fully saturated rings. The van der Waals surface area contributed by atoms with E-state index in [2.05, 4.69) is 25.9 Å². The Labute approximate surface area is 176 Å². The van der Waals surface area contributed by atoms with E-state index in [1.807, 2.05) is 19.1 Å². The lowest BCUT2D eigenvalue weighted by Gasteiger charge is -2.32. The van der Waals surface area contributed by atoms with Crippen LogP contribution in [0.25, 0.3) is 10.1 Å². The van der Waals surface area contributed by atoms with Gasteiger partial charge in [-0.15, -0.1) is 16.4 Å². The van der Waals surface area contributed by atoms with Gasteiger partial charge in [0.2, 0.25) is 5.91 Å². The number of hydrogen-bond acceptors (Lipinski definition) is 8. The molecule has 11 heteroatoms. The average molecular weight is 430 g/mol. The molecule has 1 aromatic carbocycles. The molecule has 1 aliphatic rings. The third kappa shape index (κ3) is 3.92. The monoisotopic (exact) mass is 430 g/mol. The number of piperidine rings is 1.